The molecule has 0 radical (unpaired) electrons. The van der Waals surface area contributed by atoms with Crippen LogP contribution in [0, 0.1) is 0 Å². The Bertz CT molecular complexity index is 832. The first kappa shape index (κ1) is 30.5. The van der Waals surface area contributed by atoms with Gasteiger partial charge in [-0.25, -0.2) is 4.79 Å². The largest absolute Gasteiger partial charge is 0.444 e. The number of carbonyl (C=O) groups is 1. The predicted molar refractivity (Wildman–Crippen MR) is 149 cm³/mol. The zero-order valence-electron chi connectivity index (χ0n) is 23.9. The number of morpholine rings is 1. The van der Waals surface area contributed by atoms with Gasteiger partial charge in [-0.2, -0.15) is 0 Å². The van der Waals surface area contributed by atoms with E-state index in [0.717, 1.165) is 55.4 Å². The third kappa shape index (κ3) is 7.66. The Hall–Kier alpha value is -1.68. The van der Waals surface area contributed by atoms with E-state index in [1.807, 2.05) is 34.0 Å². The molecular weight excluding hydrogens is 476 g/mol. The van der Waals surface area contributed by atoms with Gasteiger partial charge in [0.1, 0.15) is 10.5 Å². The number of thioether (sulfide) groups is 1. The summed E-state index contributed by atoms with van der Waals surface area (Å²) in [5, 5.41) is 3.36. The van der Waals surface area contributed by atoms with Crippen LogP contribution in [-0.4, -0.2) is 97.5 Å². The zero-order valence-corrected chi connectivity index (χ0v) is 24.7. The van der Waals surface area contributed by atoms with Crippen LogP contribution in [-0.2, 0) is 14.2 Å². The standard InChI is InChI=1S/C27H48N4O4S/c1-11-29(12-2)24(21(4)30-15-17-34-18-16-30)20(3)27(8,33-10)36-23-19-31(14-13-22(23)28-9)25(32)35-26(5,6)7/h11,21,28H,1,12-19H2,2-10H3/b24-20-. The van der Waals surface area contributed by atoms with Crippen molar-refractivity contribution in [1.82, 2.24) is 20.0 Å². The Labute approximate surface area is 223 Å². The van der Waals surface area contributed by atoms with E-state index in [4.69, 9.17) is 14.2 Å². The number of methoxy groups -OCH3 is 1. The van der Waals surface area contributed by atoms with Crippen molar-refractivity contribution < 1.29 is 19.0 Å². The third-order valence-electron chi connectivity index (χ3n) is 6.89. The fourth-order valence-corrected chi connectivity index (χ4v) is 5.98. The quantitative estimate of drug-likeness (QED) is 0.416. The van der Waals surface area contributed by atoms with Crippen molar-refractivity contribution in [3.63, 3.8) is 0 Å². The number of ether oxygens (including phenoxy) is 3. The number of rotatable bonds is 10. The zero-order chi connectivity index (χ0) is 27.1. The Kier molecular flexibility index (Phi) is 11.2. The molecule has 1 fully saturated rings. The third-order valence-corrected chi connectivity index (χ3v) is 8.37. The van der Waals surface area contributed by atoms with Crippen LogP contribution in [0.25, 0.3) is 0 Å². The van der Waals surface area contributed by atoms with Crippen LogP contribution >= 0.6 is 11.8 Å². The molecule has 2 aliphatic heterocycles. The van der Waals surface area contributed by atoms with Crippen LogP contribution in [0.3, 0.4) is 0 Å². The molecule has 1 amide bonds. The normalized spacial score (nSPS) is 20.9. The van der Waals surface area contributed by atoms with Crippen LogP contribution in [0.1, 0.15) is 54.9 Å². The van der Waals surface area contributed by atoms with E-state index in [1.54, 1.807) is 23.8 Å². The van der Waals surface area contributed by atoms with Crippen molar-refractivity contribution in [1.29, 1.82) is 0 Å². The summed E-state index contributed by atoms with van der Waals surface area (Å²) in [5.74, 6) is 0. The summed E-state index contributed by atoms with van der Waals surface area (Å²) in [6.07, 6.45) is 2.36. The second-order valence-corrected chi connectivity index (χ2v) is 11.8. The first-order valence-electron chi connectivity index (χ1n) is 12.9. The monoisotopic (exact) mass is 524 g/mol. The lowest BCUT2D eigenvalue weighted by Crippen LogP contribution is -2.47. The minimum Gasteiger partial charge on any atom is -0.444 e. The first-order valence-corrected chi connectivity index (χ1v) is 13.8. The second-order valence-electron chi connectivity index (χ2n) is 10.4. The summed E-state index contributed by atoms with van der Waals surface area (Å²) in [5.41, 5.74) is 2.93. The lowest BCUT2D eigenvalue weighted by molar-refractivity contribution is 0.0219. The van der Waals surface area contributed by atoms with Crippen LogP contribution in [0.5, 0.6) is 0 Å². The van der Waals surface area contributed by atoms with Gasteiger partial charge in [0.2, 0.25) is 0 Å². The Morgan fingerprint density at radius 2 is 1.92 bits per heavy atom. The maximum absolute atomic E-state index is 12.8. The van der Waals surface area contributed by atoms with E-state index in [-0.39, 0.29) is 12.1 Å². The van der Waals surface area contributed by atoms with E-state index in [0.29, 0.717) is 13.1 Å². The van der Waals surface area contributed by atoms with Gasteiger partial charge in [-0.1, -0.05) is 18.3 Å². The smallest absolute Gasteiger partial charge is 0.410 e. The summed E-state index contributed by atoms with van der Waals surface area (Å²) < 4.78 is 17.5. The molecule has 1 saturated heterocycles. The molecule has 2 atom stereocenters. The summed E-state index contributed by atoms with van der Waals surface area (Å²) >= 11 is 1.66. The van der Waals surface area contributed by atoms with Gasteiger partial charge in [0.05, 0.1) is 19.8 Å². The number of nitrogens with zero attached hydrogens (tertiary/aromatic N) is 3. The highest BCUT2D eigenvalue weighted by Crippen LogP contribution is 2.43. The number of hydrogen-bond acceptors (Lipinski definition) is 8. The fourth-order valence-electron chi connectivity index (χ4n) is 4.62. The number of carbonyl (C=O) groups excluding carboxylic acids is 1. The van der Waals surface area contributed by atoms with Gasteiger partial charge in [-0.3, -0.25) is 4.90 Å². The average Bonchev–Trinajstić information content (AvgIpc) is 2.85. The van der Waals surface area contributed by atoms with Gasteiger partial charge in [0, 0.05) is 69.1 Å². The van der Waals surface area contributed by atoms with Crippen LogP contribution in [0.2, 0.25) is 0 Å². The molecule has 8 nitrogen and oxygen atoms in total. The number of amides is 1. The summed E-state index contributed by atoms with van der Waals surface area (Å²) in [6.45, 7) is 23.6. The minimum absolute atomic E-state index is 0.171. The molecule has 0 aromatic carbocycles. The number of likely N-dealkylation sites (N-methyl/N-ethyl adjacent to an activating group) is 1. The fraction of sp³-hybridized carbons (Fsp3) is 0.741. The van der Waals surface area contributed by atoms with Gasteiger partial charge in [-0.15, -0.1) is 0 Å². The highest BCUT2D eigenvalue weighted by atomic mass is 32.2. The molecule has 0 aliphatic carbocycles. The molecule has 2 unspecified atom stereocenters. The second kappa shape index (κ2) is 13.2. The molecule has 9 heteroatoms. The van der Waals surface area contributed by atoms with Crippen LogP contribution in [0.4, 0.5) is 4.79 Å². The van der Waals surface area contributed by atoms with Crippen molar-refractivity contribution in [3.05, 3.63) is 34.7 Å². The molecule has 1 N–H and O–H groups in total. The van der Waals surface area contributed by atoms with Gasteiger partial charge < -0.3 is 29.3 Å². The lowest BCUT2D eigenvalue weighted by atomic mass is 10.0. The van der Waals surface area contributed by atoms with E-state index in [2.05, 4.69) is 49.4 Å². The molecular formula is C27H48N4O4S. The molecule has 0 aromatic rings. The Morgan fingerprint density at radius 3 is 2.42 bits per heavy atom. The van der Waals surface area contributed by atoms with Crippen molar-refractivity contribution in [2.45, 2.75) is 71.5 Å². The van der Waals surface area contributed by atoms with Crippen LogP contribution in [0.15, 0.2) is 34.7 Å². The van der Waals surface area contributed by atoms with Gasteiger partial charge in [0.15, 0.2) is 0 Å². The van der Waals surface area contributed by atoms with E-state index in [1.165, 1.54) is 5.70 Å². The highest BCUT2D eigenvalue weighted by molar-refractivity contribution is 8.04. The Balaban J connectivity index is 2.43. The molecule has 206 valence electrons. The molecule has 36 heavy (non-hydrogen) atoms. The summed E-state index contributed by atoms with van der Waals surface area (Å²) in [6, 6.07) is 0.171. The van der Waals surface area contributed by atoms with Crippen molar-refractivity contribution >= 4 is 17.9 Å². The van der Waals surface area contributed by atoms with Crippen molar-refractivity contribution in [3.8, 4) is 0 Å². The average molecular weight is 525 g/mol. The summed E-state index contributed by atoms with van der Waals surface area (Å²) in [7, 11) is 3.69. The molecule has 2 aliphatic rings. The molecule has 2 rings (SSSR count). The first-order chi connectivity index (χ1) is 16.9. The van der Waals surface area contributed by atoms with Gasteiger partial charge in [0.25, 0.3) is 0 Å². The van der Waals surface area contributed by atoms with E-state index < -0.39 is 10.5 Å². The Morgan fingerprint density at radius 1 is 1.28 bits per heavy atom. The highest BCUT2D eigenvalue weighted by Gasteiger charge is 2.37. The lowest BCUT2D eigenvalue weighted by Gasteiger charge is -2.42. The molecule has 0 aromatic heterocycles. The molecule has 0 bridgehead atoms. The van der Waals surface area contributed by atoms with Gasteiger partial charge >= 0.3 is 6.09 Å². The number of hydrogen-bond donors (Lipinski definition) is 1. The molecule has 0 saturated carbocycles. The maximum atomic E-state index is 12.8. The predicted octanol–water partition coefficient (Wildman–Crippen LogP) is 4.61. The van der Waals surface area contributed by atoms with E-state index >= 15 is 0 Å². The molecule has 2 heterocycles. The SMILES string of the molecule is C=CN(CC)/C(=C(/C)C(C)(OC)SC1=C(NC)CCN(C(=O)OC(C)(C)C)C1)C(C)N1CCOCC1. The van der Waals surface area contributed by atoms with Crippen molar-refractivity contribution in [2.75, 3.05) is 60.1 Å². The van der Waals surface area contributed by atoms with Gasteiger partial charge in [-0.05, 0) is 60.2 Å². The number of nitrogens with one attached hydrogen (secondary N) is 1. The molecule has 0 spiro atoms. The summed E-state index contributed by atoms with van der Waals surface area (Å²) in [4.78, 5) is 19.7. The minimum atomic E-state index is -0.652. The maximum Gasteiger partial charge on any atom is 0.410 e. The van der Waals surface area contributed by atoms with Crippen LogP contribution < -0.4 is 5.32 Å². The van der Waals surface area contributed by atoms with Crippen molar-refractivity contribution in [2.24, 2.45) is 0 Å². The van der Waals surface area contributed by atoms with E-state index in [9.17, 15) is 4.79 Å². The topological polar surface area (TPSA) is 66.5 Å².